The van der Waals surface area contributed by atoms with Crippen LogP contribution in [0.3, 0.4) is 0 Å². The van der Waals surface area contributed by atoms with Crippen LogP contribution < -0.4 is 0 Å². The number of rotatable bonds is 3. The van der Waals surface area contributed by atoms with Crippen molar-refractivity contribution in [2.45, 2.75) is 13.8 Å². The van der Waals surface area contributed by atoms with Crippen molar-refractivity contribution in [2.24, 2.45) is 0 Å². The van der Waals surface area contributed by atoms with Crippen molar-refractivity contribution in [1.82, 2.24) is 4.37 Å². The van der Waals surface area contributed by atoms with Gasteiger partial charge in [0.15, 0.2) is 0 Å². The summed E-state index contributed by atoms with van der Waals surface area (Å²) in [5.41, 5.74) is 3.42. The Labute approximate surface area is 117 Å². The third-order valence-electron chi connectivity index (χ3n) is 2.97. The first kappa shape index (κ1) is 13.4. The molecule has 2 rings (SSSR count). The van der Waals surface area contributed by atoms with Crippen molar-refractivity contribution in [3.05, 3.63) is 52.0 Å². The van der Waals surface area contributed by atoms with Crippen molar-refractivity contribution in [1.29, 1.82) is 5.26 Å². The topological polar surface area (TPSA) is 45.9 Å². The lowest BCUT2D eigenvalue weighted by Crippen LogP contribution is -1.94. The first-order chi connectivity index (χ1) is 9.19. The summed E-state index contributed by atoms with van der Waals surface area (Å²) in [5, 5.41) is 9.44. The van der Waals surface area contributed by atoms with Crippen molar-refractivity contribution in [2.75, 3.05) is 0 Å². The normalized spacial score (nSPS) is 11.6. The van der Waals surface area contributed by atoms with E-state index in [9.17, 15) is 5.26 Å². The van der Waals surface area contributed by atoms with Crippen LogP contribution in [-0.2, 0) is 4.65 Å². The molecule has 19 heavy (non-hydrogen) atoms. The van der Waals surface area contributed by atoms with E-state index in [0.29, 0.717) is 11.3 Å². The molecule has 0 aliphatic heterocycles. The van der Waals surface area contributed by atoms with Crippen LogP contribution in [0.15, 0.2) is 30.3 Å². The van der Waals surface area contributed by atoms with E-state index in [0.717, 1.165) is 21.7 Å². The number of aryl methyl sites for hydroxylation is 1. The highest BCUT2D eigenvalue weighted by atomic mass is 32.1. The number of allylic oxidation sites excluding steroid dienone is 1. The first-order valence-corrected chi connectivity index (χ1v) is 6.63. The highest BCUT2D eigenvalue weighted by Crippen LogP contribution is 2.32. The number of nitriles is 1. The van der Waals surface area contributed by atoms with Crippen LogP contribution in [0.2, 0.25) is 0 Å². The standard InChI is InChI=1S/C14H13BN2OS/c1-9-10(2)17-19-14(9)13(18-15)12(8-16)11-6-4-3-5-7-11/h3-7H,15H2,1-2H3. The maximum Gasteiger partial charge on any atom is 0.322 e. The van der Waals surface area contributed by atoms with Gasteiger partial charge >= 0.3 is 8.05 Å². The molecule has 0 aliphatic rings. The second-order valence-corrected chi connectivity index (χ2v) is 4.88. The van der Waals surface area contributed by atoms with Gasteiger partial charge in [0.25, 0.3) is 0 Å². The van der Waals surface area contributed by atoms with E-state index in [-0.39, 0.29) is 0 Å². The average Bonchev–Trinajstić information content (AvgIpc) is 2.77. The largest absolute Gasteiger partial charge is 0.566 e. The zero-order chi connectivity index (χ0) is 13.8. The first-order valence-electron chi connectivity index (χ1n) is 5.86. The van der Waals surface area contributed by atoms with Gasteiger partial charge in [0.05, 0.1) is 10.6 Å². The molecule has 0 atom stereocenters. The van der Waals surface area contributed by atoms with Crippen LogP contribution in [0.25, 0.3) is 11.3 Å². The molecule has 0 amide bonds. The lowest BCUT2D eigenvalue weighted by Gasteiger charge is -2.09. The van der Waals surface area contributed by atoms with Crippen LogP contribution in [0, 0.1) is 25.2 Å². The Kier molecular flexibility index (Phi) is 4.03. The Hall–Kier alpha value is -2.06. The fourth-order valence-electron chi connectivity index (χ4n) is 1.79. The van der Waals surface area contributed by atoms with E-state index in [1.165, 1.54) is 11.5 Å². The molecule has 1 aromatic heterocycles. The molecule has 0 N–H and O–H groups in total. The summed E-state index contributed by atoms with van der Waals surface area (Å²) in [6, 6.07) is 11.8. The van der Waals surface area contributed by atoms with Gasteiger partial charge in [-0.25, -0.2) is 0 Å². The molecule has 3 nitrogen and oxygen atoms in total. The Balaban J connectivity index is 2.64. The third kappa shape index (κ3) is 2.54. The summed E-state index contributed by atoms with van der Waals surface area (Å²) in [6.45, 7) is 3.95. The van der Waals surface area contributed by atoms with Crippen LogP contribution in [0.1, 0.15) is 21.7 Å². The number of benzene rings is 1. The van der Waals surface area contributed by atoms with Gasteiger partial charge in [-0.1, -0.05) is 30.3 Å². The van der Waals surface area contributed by atoms with Gasteiger partial charge in [-0.05, 0) is 36.5 Å². The molecular weight excluding hydrogens is 255 g/mol. The fourth-order valence-corrected chi connectivity index (χ4v) is 2.70. The SMILES string of the molecule is BOC(=C(C#N)c1ccccc1)c1snc(C)c1C. The molecule has 0 saturated carbocycles. The van der Waals surface area contributed by atoms with E-state index >= 15 is 0 Å². The number of nitrogens with zero attached hydrogens (tertiary/aromatic N) is 2. The van der Waals surface area contributed by atoms with Crippen molar-refractivity contribution >= 4 is 30.9 Å². The van der Waals surface area contributed by atoms with Gasteiger partial charge in [-0.15, -0.1) is 0 Å². The molecule has 0 aliphatic carbocycles. The monoisotopic (exact) mass is 268 g/mol. The summed E-state index contributed by atoms with van der Waals surface area (Å²) in [7, 11) is 1.59. The van der Waals surface area contributed by atoms with Crippen LogP contribution >= 0.6 is 11.5 Å². The number of hydrogen-bond donors (Lipinski definition) is 0. The molecule has 0 fully saturated rings. The molecule has 0 saturated heterocycles. The minimum atomic E-state index is 0.537. The molecule has 5 heteroatoms. The maximum absolute atomic E-state index is 9.44. The van der Waals surface area contributed by atoms with Crippen LogP contribution in [0.4, 0.5) is 0 Å². The lowest BCUT2D eigenvalue weighted by molar-refractivity contribution is 0.576. The predicted molar refractivity (Wildman–Crippen MR) is 80.1 cm³/mol. The second-order valence-electron chi connectivity index (χ2n) is 4.11. The third-order valence-corrected chi connectivity index (χ3v) is 4.01. The lowest BCUT2D eigenvalue weighted by atomic mass is 10.0. The van der Waals surface area contributed by atoms with E-state index in [4.69, 9.17) is 4.65 Å². The quantitative estimate of drug-likeness (QED) is 0.488. The Bertz CT molecular complexity index is 656. The summed E-state index contributed by atoms with van der Waals surface area (Å²) in [4.78, 5) is 0.917. The van der Waals surface area contributed by atoms with E-state index in [1.54, 1.807) is 8.05 Å². The minimum absolute atomic E-state index is 0.537. The van der Waals surface area contributed by atoms with Crippen molar-refractivity contribution < 1.29 is 4.65 Å². The number of hydrogen-bond acceptors (Lipinski definition) is 4. The highest BCUT2D eigenvalue weighted by Gasteiger charge is 2.17. The summed E-state index contributed by atoms with van der Waals surface area (Å²) in [6.07, 6.45) is 0. The number of aromatic nitrogens is 1. The van der Waals surface area contributed by atoms with Crippen molar-refractivity contribution in [3.8, 4) is 6.07 Å². The predicted octanol–water partition coefficient (Wildman–Crippen LogP) is 2.72. The molecule has 0 radical (unpaired) electrons. The molecule has 94 valence electrons. The van der Waals surface area contributed by atoms with E-state index in [2.05, 4.69) is 10.4 Å². The molecule has 0 spiro atoms. The molecule has 0 bridgehead atoms. The van der Waals surface area contributed by atoms with Crippen molar-refractivity contribution in [3.63, 3.8) is 0 Å². The fraction of sp³-hybridized carbons (Fsp3) is 0.143. The zero-order valence-corrected chi connectivity index (χ0v) is 11.9. The van der Waals surface area contributed by atoms with Gasteiger partial charge in [0.1, 0.15) is 17.4 Å². The zero-order valence-electron chi connectivity index (χ0n) is 11.1. The summed E-state index contributed by atoms with van der Waals surface area (Å²) < 4.78 is 9.78. The average molecular weight is 268 g/mol. The minimum Gasteiger partial charge on any atom is -0.566 e. The molecule has 0 unspecified atom stereocenters. The molecule has 1 heterocycles. The summed E-state index contributed by atoms with van der Waals surface area (Å²) in [5.74, 6) is 0.594. The van der Waals surface area contributed by atoms with Gasteiger partial charge < -0.3 is 4.65 Å². The Morgan fingerprint density at radius 1 is 1.32 bits per heavy atom. The van der Waals surface area contributed by atoms with E-state index < -0.39 is 0 Å². The Morgan fingerprint density at radius 3 is 2.47 bits per heavy atom. The molecule has 1 aromatic carbocycles. The molecule has 2 aromatic rings. The highest BCUT2D eigenvalue weighted by molar-refractivity contribution is 7.07. The van der Waals surface area contributed by atoms with Crippen LogP contribution in [-0.4, -0.2) is 12.4 Å². The van der Waals surface area contributed by atoms with Gasteiger partial charge in [0.2, 0.25) is 0 Å². The molecular formula is C14H13BN2OS. The second kappa shape index (κ2) is 5.72. The smallest absolute Gasteiger partial charge is 0.322 e. The van der Waals surface area contributed by atoms with Crippen LogP contribution in [0.5, 0.6) is 0 Å². The maximum atomic E-state index is 9.44. The van der Waals surface area contributed by atoms with Gasteiger partial charge in [-0.3, -0.25) is 0 Å². The van der Waals surface area contributed by atoms with Gasteiger partial charge in [0, 0.05) is 0 Å². The van der Waals surface area contributed by atoms with E-state index in [1.807, 2.05) is 44.2 Å². The Morgan fingerprint density at radius 2 is 2.00 bits per heavy atom. The summed E-state index contributed by atoms with van der Waals surface area (Å²) >= 11 is 1.36. The van der Waals surface area contributed by atoms with Gasteiger partial charge in [-0.2, -0.15) is 9.64 Å².